The lowest BCUT2D eigenvalue weighted by atomic mass is 10.2. The Morgan fingerprint density at radius 1 is 1.57 bits per heavy atom. The monoisotopic (exact) mass is 244 g/mol. The van der Waals surface area contributed by atoms with Gasteiger partial charge in [-0.3, -0.25) is 4.79 Å². The molecule has 0 aromatic carbocycles. The number of carbonyl (C=O) groups excluding carboxylic acids is 1. The van der Waals surface area contributed by atoms with Gasteiger partial charge < -0.3 is 0 Å². The number of rotatable bonds is 2. The van der Waals surface area contributed by atoms with Gasteiger partial charge in [-0.15, -0.1) is 16.4 Å². The van der Waals surface area contributed by atoms with Crippen molar-refractivity contribution in [1.29, 1.82) is 0 Å². The molecule has 0 amide bonds. The highest BCUT2D eigenvalue weighted by atomic mass is 35.5. The van der Waals surface area contributed by atoms with Gasteiger partial charge in [0, 0.05) is 0 Å². The Balaban J connectivity index is 2.44. The van der Waals surface area contributed by atoms with E-state index in [9.17, 15) is 4.79 Å². The van der Waals surface area contributed by atoms with E-state index in [4.69, 9.17) is 11.6 Å². The van der Waals surface area contributed by atoms with E-state index in [1.165, 1.54) is 11.3 Å². The number of aryl methyl sites for hydroxylation is 1. The molecule has 0 atom stereocenters. The first-order valence-electron chi connectivity index (χ1n) is 3.77. The van der Waals surface area contributed by atoms with Crippen molar-refractivity contribution < 1.29 is 4.79 Å². The fourth-order valence-corrected chi connectivity index (χ4v) is 2.54. The average Bonchev–Trinajstić information content (AvgIpc) is 2.73. The summed E-state index contributed by atoms with van der Waals surface area (Å²) in [6.45, 7) is 1.76. The van der Waals surface area contributed by atoms with Crippen LogP contribution in [0.4, 0.5) is 0 Å². The molecule has 2 aromatic rings. The van der Waals surface area contributed by atoms with Crippen LogP contribution in [0.25, 0.3) is 0 Å². The maximum Gasteiger partial charge on any atom is 0.208 e. The highest BCUT2D eigenvalue weighted by molar-refractivity contribution is 7.15. The molecule has 0 aliphatic rings. The third-order valence-electron chi connectivity index (χ3n) is 1.72. The van der Waals surface area contributed by atoms with Gasteiger partial charge in [0.05, 0.1) is 11.3 Å². The third-order valence-corrected chi connectivity index (χ3v) is 3.72. The van der Waals surface area contributed by atoms with Crippen LogP contribution in [0.1, 0.15) is 20.9 Å². The van der Waals surface area contributed by atoms with Gasteiger partial charge in [0.1, 0.15) is 9.21 Å². The number of hydrogen-bond donors (Lipinski definition) is 0. The van der Waals surface area contributed by atoms with Gasteiger partial charge in [-0.1, -0.05) is 16.1 Å². The highest BCUT2D eigenvalue weighted by Gasteiger charge is 2.18. The summed E-state index contributed by atoms with van der Waals surface area (Å²) in [5.41, 5.74) is 1.19. The maximum absolute atomic E-state index is 11.9. The van der Waals surface area contributed by atoms with Crippen LogP contribution in [0.2, 0.25) is 4.34 Å². The minimum atomic E-state index is -0.0937. The van der Waals surface area contributed by atoms with E-state index in [2.05, 4.69) is 9.59 Å². The van der Waals surface area contributed by atoms with Crippen molar-refractivity contribution in [2.45, 2.75) is 6.92 Å². The van der Waals surface area contributed by atoms with E-state index >= 15 is 0 Å². The molecule has 0 N–H and O–H groups in total. The molecule has 72 valence electrons. The number of thiophene rings is 1. The van der Waals surface area contributed by atoms with Crippen LogP contribution in [0, 0.1) is 6.92 Å². The van der Waals surface area contributed by atoms with Crippen molar-refractivity contribution in [2.24, 2.45) is 0 Å². The summed E-state index contributed by atoms with van der Waals surface area (Å²) in [7, 11) is 0. The summed E-state index contributed by atoms with van der Waals surface area (Å²) in [6, 6.07) is 1.72. The molecule has 0 aliphatic carbocycles. The molecule has 0 unspecified atom stereocenters. The van der Waals surface area contributed by atoms with E-state index in [0.29, 0.717) is 20.5 Å². The largest absolute Gasteiger partial charge is 0.287 e. The zero-order valence-electron chi connectivity index (χ0n) is 7.15. The van der Waals surface area contributed by atoms with Gasteiger partial charge in [-0.05, 0) is 29.9 Å². The van der Waals surface area contributed by atoms with Crippen LogP contribution in [0.3, 0.4) is 0 Å². The molecule has 0 saturated carbocycles. The molecule has 14 heavy (non-hydrogen) atoms. The third kappa shape index (κ3) is 1.58. The smallest absolute Gasteiger partial charge is 0.208 e. The Bertz CT molecular complexity index is 435. The van der Waals surface area contributed by atoms with E-state index in [0.717, 1.165) is 11.5 Å². The predicted octanol–water partition coefficient (Wildman–Crippen LogP) is 2.79. The van der Waals surface area contributed by atoms with E-state index < -0.39 is 0 Å². The standard InChI is InChI=1S/C8H5ClN2OS2/c1-4-7(14-11-10-4)6(12)5-2-3-13-8(5)9/h2-3H,1H3. The first-order chi connectivity index (χ1) is 6.70. The zero-order valence-corrected chi connectivity index (χ0v) is 9.54. The fourth-order valence-electron chi connectivity index (χ4n) is 1.02. The van der Waals surface area contributed by atoms with Gasteiger partial charge in [0.25, 0.3) is 0 Å². The Kier molecular flexibility index (Phi) is 2.62. The minimum Gasteiger partial charge on any atom is -0.287 e. The van der Waals surface area contributed by atoms with Crippen LogP contribution in [0.5, 0.6) is 0 Å². The Labute approximate surface area is 93.5 Å². The Morgan fingerprint density at radius 2 is 2.36 bits per heavy atom. The molecule has 0 spiro atoms. The summed E-state index contributed by atoms with van der Waals surface area (Å²) in [5, 5.41) is 5.58. The fraction of sp³-hybridized carbons (Fsp3) is 0.125. The predicted molar refractivity (Wildman–Crippen MR) is 57.4 cm³/mol. The number of nitrogens with zero attached hydrogens (tertiary/aromatic N) is 2. The molecule has 6 heteroatoms. The lowest BCUT2D eigenvalue weighted by molar-refractivity contribution is 0.104. The van der Waals surface area contributed by atoms with Crippen LogP contribution in [0.15, 0.2) is 11.4 Å². The maximum atomic E-state index is 11.9. The van der Waals surface area contributed by atoms with Crippen molar-refractivity contribution in [3.05, 3.63) is 31.9 Å². The Hall–Kier alpha value is -0.780. The van der Waals surface area contributed by atoms with Crippen molar-refractivity contribution in [3.8, 4) is 0 Å². The highest BCUT2D eigenvalue weighted by Crippen LogP contribution is 2.26. The molecule has 0 saturated heterocycles. The SMILES string of the molecule is Cc1nnsc1C(=O)c1ccsc1Cl. The van der Waals surface area contributed by atoms with Gasteiger partial charge in [0.2, 0.25) is 5.78 Å². The number of halogens is 1. The summed E-state index contributed by atoms with van der Waals surface area (Å²) in [5.74, 6) is -0.0937. The quantitative estimate of drug-likeness (QED) is 0.763. The van der Waals surface area contributed by atoms with E-state index in [1.807, 2.05) is 0 Å². The van der Waals surface area contributed by atoms with Crippen molar-refractivity contribution in [3.63, 3.8) is 0 Å². The molecular formula is C8H5ClN2OS2. The first kappa shape index (κ1) is 9.76. The lowest BCUT2D eigenvalue weighted by Gasteiger charge is -1.94. The molecule has 2 heterocycles. The molecule has 2 aromatic heterocycles. The number of ketones is 1. The van der Waals surface area contributed by atoms with Gasteiger partial charge >= 0.3 is 0 Å². The van der Waals surface area contributed by atoms with E-state index in [-0.39, 0.29) is 5.78 Å². The molecule has 0 fully saturated rings. The summed E-state index contributed by atoms with van der Waals surface area (Å²) < 4.78 is 4.23. The summed E-state index contributed by atoms with van der Waals surface area (Å²) in [4.78, 5) is 12.4. The van der Waals surface area contributed by atoms with Gasteiger partial charge in [-0.2, -0.15) is 0 Å². The van der Waals surface area contributed by atoms with Crippen LogP contribution >= 0.6 is 34.5 Å². The summed E-state index contributed by atoms with van der Waals surface area (Å²) >= 11 is 8.31. The molecule has 0 aliphatic heterocycles. The minimum absolute atomic E-state index is 0.0937. The van der Waals surface area contributed by atoms with Crippen LogP contribution < -0.4 is 0 Å². The summed E-state index contributed by atoms with van der Waals surface area (Å²) in [6.07, 6.45) is 0. The second kappa shape index (κ2) is 3.76. The number of aromatic nitrogens is 2. The van der Waals surface area contributed by atoms with Crippen LogP contribution in [-0.4, -0.2) is 15.4 Å². The topological polar surface area (TPSA) is 42.9 Å². The first-order valence-corrected chi connectivity index (χ1v) is 5.80. The van der Waals surface area contributed by atoms with Crippen molar-refractivity contribution >= 4 is 40.3 Å². The molecule has 2 rings (SSSR count). The zero-order chi connectivity index (χ0) is 10.1. The van der Waals surface area contributed by atoms with Crippen molar-refractivity contribution in [1.82, 2.24) is 9.59 Å². The Morgan fingerprint density at radius 3 is 2.86 bits per heavy atom. The van der Waals surface area contributed by atoms with Crippen molar-refractivity contribution in [2.75, 3.05) is 0 Å². The van der Waals surface area contributed by atoms with Gasteiger partial charge in [0.15, 0.2) is 0 Å². The number of carbonyl (C=O) groups is 1. The normalized spacial score (nSPS) is 10.4. The molecule has 0 radical (unpaired) electrons. The second-order valence-corrected chi connectivity index (χ2v) is 4.90. The van der Waals surface area contributed by atoms with Crippen LogP contribution in [-0.2, 0) is 0 Å². The molecular weight excluding hydrogens is 240 g/mol. The molecule has 0 bridgehead atoms. The lowest BCUT2D eigenvalue weighted by Crippen LogP contribution is -1.99. The second-order valence-electron chi connectivity index (χ2n) is 2.62. The molecule has 3 nitrogen and oxygen atoms in total. The average molecular weight is 245 g/mol. The van der Waals surface area contributed by atoms with Gasteiger partial charge in [-0.25, -0.2) is 0 Å². The number of hydrogen-bond acceptors (Lipinski definition) is 5. The van der Waals surface area contributed by atoms with E-state index in [1.54, 1.807) is 18.4 Å².